The van der Waals surface area contributed by atoms with Crippen LogP contribution in [-0.2, 0) is 4.74 Å². The molecule has 2 N–H and O–H groups in total. The summed E-state index contributed by atoms with van der Waals surface area (Å²) < 4.78 is 5.22. The van der Waals surface area contributed by atoms with Gasteiger partial charge in [-0.2, -0.15) is 0 Å². The van der Waals surface area contributed by atoms with Crippen molar-refractivity contribution < 1.29 is 4.74 Å². The van der Waals surface area contributed by atoms with Crippen LogP contribution in [0.5, 0.6) is 0 Å². The van der Waals surface area contributed by atoms with E-state index in [1.54, 1.807) is 0 Å². The number of nitrogens with zero attached hydrogens (tertiary/aromatic N) is 1. The third kappa shape index (κ3) is 1.50. The predicted molar refractivity (Wildman–Crippen MR) is 42.1 cm³/mol. The summed E-state index contributed by atoms with van der Waals surface area (Å²) in [6.45, 7) is 3.59. The highest BCUT2D eigenvalue weighted by Crippen LogP contribution is 2.12. The lowest BCUT2D eigenvalue weighted by atomic mass is 10.3. The Bertz CT molecular complexity index is 140. The summed E-state index contributed by atoms with van der Waals surface area (Å²) in [6, 6.07) is 0. The molecule has 0 radical (unpaired) electrons. The minimum Gasteiger partial charge on any atom is -0.379 e. The molecule has 0 aromatic heterocycles. The number of hydrazine groups is 1. The Labute approximate surface area is 70.8 Å². The van der Waals surface area contributed by atoms with E-state index in [0.29, 0.717) is 6.17 Å². The van der Waals surface area contributed by atoms with Gasteiger partial charge in [0.15, 0.2) is 0 Å². The molecule has 2 heterocycles. The lowest BCUT2D eigenvalue weighted by Crippen LogP contribution is -2.72. The Hall–Kier alpha value is 0.130. The molecule has 0 saturated carbocycles. The molecule has 2 aliphatic rings. The van der Waals surface area contributed by atoms with Crippen LogP contribution in [-0.4, -0.2) is 42.9 Å². The van der Waals surface area contributed by atoms with Gasteiger partial charge < -0.3 is 4.74 Å². The number of morpholine rings is 1. The molecule has 64 valence electrons. The first kappa shape index (κ1) is 7.76. The zero-order chi connectivity index (χ0) is 7.68. The van der Waals surface area contributed by atoms with Crippen molar-refractivity contribution in [2.45, 2.75) is 11.7 Å². The van der Waals surface area contributed by atoms with Gasteiger partial charge in [-0.15, -0.1) is 11.6 Å². The average Bonchev–Trinajstić information content (AvgIpc) is 2.04. The number of ether oxygens (including phenoxy) is 1. The molecule has 2 rings (SSSR count). The van der Waals surface area contributed by atoms with Crippen LogP contribution in [0.15, 0.2) is 0 Å². The predicted octanol–water partition coefficient (Wildman–Crippen LogP) is -0.683. The molecule has 0 aromatic rings. The van der Waals surface area contributed by atoms with Crippen molar-refractivity contribution >= 4 is 11.6 Å². The Morgan fingerprint density at radius 3 is 2.45 bits per heavy atom. The van der Waals surface area contributed by atoms with E-state index in [1.807, 2.05) is 0 Å². The van der Waals surface area contributed by atoms with Crippen molar-refractivity contribution in [2.24, 2.45) is 0 Å². The monoisotopic (exact) mass is 177 g/mol. The fourth-order valence-electron chi connectivity index (χ4n) is 1.35. The van der Waals surface area contributed by atoms with Gasteiger partial charge >= 0.3 is 0 Å². The van der Waals surface area contributed by atoms with Crippen molar-refractivity contribution in [1.29, 1.82) is 0 Å². The highest BCUT2D eigenvalue weighted by Gasteiger charge is 2.33. The van der Waals surface area contributed by atoms with Crippen LogP contribution in [0.25, 0.3) is 0 Å². The smallest absolute Gasteiger partial charge is 0.125 e. The van der Waals surface area contributed by atoms with E-state index in [2.05, 4.69) is 15.8 Å². The van der Waals surface area contributed by atoms with E-state index in [9.17, 15) is 0 Å². The maximum atomic E-state index is 5.89. The minimum absolute atomic E-state index is 0.0492. The van der Waals surface area contributed by atoms with Gasteiger partial charge in [0.25, 0.3) is 0 Å². The second kappa shape index (κ2) is 3.25. The third-order valence-corrected chi connectivity index (χ3v) is 2.43. The molecule has 2 fully saturated rings. The Balaban J connectivity index is 1.83. The van der Waals surface area contributed by atoms with Crippen molar-refractivity contribution in [1.82, 2.24) is 15.8 Å². The molecule has 2 aliphatic heterocycles. The molecule has 2 atom stereocenters. The third-order valence-electron chi connectivity index (χ3n) is 2.09. The minimum atomic E-state index is 0.0492. The Morgan fingerprint density at radius 1 is 1.27 bits per heavy atom. The summed E-state index contributed by atoms with van der Waals surface area (Å²) in [5.41, 5.74) is 5.99. The SMILES string of the molecule is ClC1NN[C@H]1N1CCOCC1. The van der Waals surface area contributed by atoms with Crippen LogP contribution in [0.4, 0.5) is 0 Å². The van der Waals surface area contributed by atoms with Gasteiger partial charge in [0.1, 0.15) is 11.7 Å². The maximum absolute atomic E-state index is 5.89. The molecule has 2 saturated heterocycles. The topological polar surface area (TPSA) is 36.5 Å². The summed E-state index contributed by atoms with van der Waals surface area (Å²) in [5, 5.41) is 0. The fourth-order valence-corrected chi connectivity index (χ4v) is 1.64. The quantitative estimate of drug-likeness (QED) is 0.411. The van der Waals surface area contributed by atoms with Gasteiger partial charge in [-0.1, -0.05) is 0 Å². The maximum Gasteiger partial charge on any atom is 0.125 e. The number of hydrogen-bond donors (Lipinski definition) is 2. The summed E-state index contributed by atoms with van der Waals surface area (Å²) in [7, 11) is 0. The van der Waals surface area contributed by atoms with E-state index < -0.39 is 0 Å². The normalized spacial score (nSPS) is 40.1. The van der Waals surface area contributed by atoms with Crippen LogP contribution in [0.1, 0.15) is 0 Å². The van der Waals surface area contributed by atoms with Crippen molar-refractivity contribution in [3.63, 3.8) is 0 Å². The van der Waals surface area contributed by atoms with Crippen LogP contribution in [0.3, 0.4) is 0 Å². The highest BCUT2D eigenvalue weighted by molar-refractivity contribution is 6.21. The number of halogens is 1. The molecule has 11 heavy (non-hydrogen) atoms. The van der Waals surface area contributed by atoms with Crippen LogP contribution < -0.4 is 10.9 Å². The first-order valence-corrected chi connectivity index (χ1v) is 4.28. The summed E-state index contributed by atoms with van der Waals surface area (Å²) >= 11 is 5.89. The lowest BCUT2D eigenvalue weighted by molar-refractivity contribution is -0.0228. The van der Waals surface area contributed by atoms with E-state index in [1.165, 1.54) is 0 Å². The second-order valence-electron chi connectivity index (χ2n) is 2.78. The molecule has 1 unspecified atom stereocenters. The molecule has 5 heteroatoms. The summed E-state index contributed by atoms with van der Waals surface area (Å²) in [5.74, 6) is 0. The number of alkyl halides is 1. The van der Waals surface area contributed by atoms with Gasteiger partial charge in [0.05, 0.1) is 13.2 Å². The average molecular weight is 178 g/mol. The van der Waals surface area contributed by atoms with Crippen LogP contribution >= 0.6 is 11.6 Å². The molecule has 0 aromatic carbocycles. The van der Waals surface area contributed by atoms with Crippen molar-refractivity contribution in [3.05, 3.63) is 0 Å². The van der Waals surface area contributed by atoms with E-state index in [4.69, 9.17) is 16.3 Å². The van der Waals surface area contributed by atoms with Crippen LogP contribution in [0.2, 0.25) is 0 Å². The molecular formula is C6H12ClN3O. The largest absolute Gasteiger partial charge is 0.379 e. The Kier molecular flexibility index (Phi) is 2.29. The summed E-state index contributed by atoms with van der Waals surface area (Å²) in [4.78, 5) is 2.29. The van der Waals surface area contributed by atoms with Crippen molar-refractivity contribution in [3.8, 4) is 0 Å². The summed E-state index contributed by atoms with van der Waals surface area (Å²) in [6.07, 6.45) is 0.292. The van der Waals surface area contributed by atoms with Gasteiger partial charge in [0.2, 0.25) is 0 Å². The van der Waals surface area contributed by atoms with Crippen molar-refractivity contribution in [2.75, 3.05) is 26.3 Å². The fraction of sp³-hybridized carbons (Fsp3) is 1.00. The van der Waals surface area contributed by atoms with E-state index in [0.717, 1.165) is 26.3 Å². The van der Waals surface area contributed by atoms with E-state index in [-0.39, 0.29) is 5.50 Å². The second-order valence-corrected chi connectivity index (χ2v) is 3.25. The molecule has 4 nitrogen and oxygen atoms in total. The molecule has 0 amide bonds. The lowest BCUT2D eigenvalue weighted by Gasteiger charge is -2.44. The highest BCUT2D eigenvalue weighted by atomic mass is 35.5. The zero-order valence-electron chi connectivity index (χ0n) is 6.22. The first-order valence-electron chi connectivity index (χ1n) is 3.85. The molecule has 0 spiro atoms. The standard InChI is InChI=1S/C6H12ClN3O/c7-5-6(9-8-5)10-1-3-11-4-2-10/h5-6,8-9H,1-4H2/t5?,6-/m0/s1. The van der Waals surface area contributed by atoms with Gasteiger partial charge in [-0.05, 0) is 0 Å². The number of nitrogens with one attached hydrogen (secondary N) is 2. The number of hydrogen-bond acceptors (Lipinski definition) is 4. The first-order chi connectivity index (χ1) is 5.38. The van der Waals surface area contributed by atoms with Crippen LogP contribution in [0, 0.1) is 0 Å². The Morgan fingerprint density at radius 2 is 2.00 bits per heavy atom. The zero-order valence-corrected chi connectivity index (χ0v) is 6.97. The van der Waals surface area contributed by atoms with E-state index >= 15 is 0 Å². The molecular weight excluding hydrogens is 166 g/mol. The molecule has 0 bridgehead atoms. The molecule has 0 aliphatic carbocycles. The van der Waals surface area contributed by atoms with Gasteiger partial charge in [-0.25, -0.2) is 10.9 Å². The number of rotatable bonds is 1. The van der Waals surface area contributed by atoms with Gasteiger partial charge in [-0.3, -0.25) is 4.90 Å². The van der Waals surface area contributed by atoms with Gasteiger partial charge in [0, 0.05) is 13.1 Å².